The summed E-state index contributed by atoms with van der Waals surface area (Å²) in [4.78, 5) is 0. The van der Waals surface area contributed by atoms with Crippen LogP contribution in [0.1, 0.15) is 29.7 Å². The Bertz CT molecular complexity index is 583. The number of halogens is 2. The Hall–Kier alpha value is -1.19. The molecule has 0 aliphatic heterocycles. The number of aryl methyl sites for hydroxylation is 1. The molecular weight excluding hydrogens is 317 g/mol. The number of rotatable bonds is 5. The summed E-state index contributed by atoms with van der Waals surface area (Å²) in [5, 5.41) is 3.37. The molecule has 2 rings (SSSR count). The van der Waals surface area contributed by atoms with Crippen molar-refractivity contribution in [3.8, 4) is 0 Å². The zero-order valence-electron chi connectivity index (χ0n) is 11.8. The molecule has 0 radical (unpaired) electrons. The van der Waals surface area contributed by atoms with Crippen LogP contribution in [0.25, 0.3) is 0 Å². The van der Waals surface area contributed by atoms with Gasteiger partial charge >= 0.3 is 0 Å². The molecule has 0 saturated carbocycles. The molecule has 1 atom stereocenters. The van der Waals surface area contributed by atoms with Crippen LogP contribution in [-0.4, -0.2) is 6.54 Å². The van der Waals surface area contributed by atoms with Crippen molar-refractivity contribution in [2.45, 2.75) is 26.3 Å². The Labute approximate surface area is 128 Å². The van der Waals surface area contributed by atoms with E-state index in [1.54, 1.807) is 6.07 Å². The highest BCUT2D eigenvalue weighted by Gasteiger charge is 2.15. The van der Waals surface area contributed by atoms with E-state index in [9.17, 15) is 4.39 Å². The van der Waals surface area contributed by atoms with Crippen molar-refractivity contribution < 1.29 is 4.39 Å². The maximum absolute atomic E-state index is 14.2. The van der Waals surface area contributed by atoms with Crippen LogP contribution in [0.2, 0.25) is 0 Å². The average Bonchev–Trinajstić information content (AvgIpc) is 2.38. The number of hydrogen-bond acceptors (Lipinski definition) is 1. The third kappa shape index (κ3) is 3.90. The van der Waals surface area contributed by atoms with E-state index in [0.717, 1.165) is 28.6 Å². The molecule has 3 heteroatoms. The summed E-state index contributed by atoms with van der Waals surface area (Å²) in [7, 11) is 0. The predicted octanol–water partition coefficient (Wildman–Crippen LogP) is 4.79. The lowest BCUT2D eigenvalue weighted by molar-refractivity contribution is 0.509. The highest BCUT2D eigenvalue weighted by molar-refractivity contribution is 9.10. The Kier molecular flexibility index (Phi) is 5.32. The Morgan fingerprint density at radius 1 is 1.20 bits per heavy atom. The monoisotopic (exact) mass is 335 g/mol. The van der Waals surface area contributed by atoms with Crippen LogP contribution in [0.5, 0.6) is 0 Å². The lowest BCUT2D eigenvalue weighted by Gasteiger charge is -2.19. The van der Waals surface area contributed by atoms with Crippen molar-refractivity contribution >= 4 is 15.9 Å². The second-order valence-corrected chi connectivity index (χ2v) is 5.88. The number of nitrogens with one attached hydrogen (secondary N) is 1. The van der Waals surface area contributed by atoms with Crippen LogP contribution in [0, 0.1) is 12.7 Å². The van der Waals surface area contributed by atoms with Crippen molar-refractivity contribution in [2.75, 3.05) is 6.54 Å². The van der Waals surface area contributed by atoms with Gasteiger partial charge in [0.15, 0.2) is 0 Å². The van der Waals surface area contributed by atoms with Crippen LogP contribution in [0.3, 0.4) is 0 Å². The summed E-state index contributed by atoms with van der Waals surface area (Å²) in [6.45, 7) is 4.76. The first-order valence-electron chi connectivity index (χ1n) is 6.84. The topological polar surface area (TPSA) is 12.0 Å². The van der Waals surface area contributed by atoms with Crippen molar-refractivity contribution in [2.24, 2.45) is 0 Å². The van der Waals surface area contributed by atoms with E-state index in [0.29, 0.717) is 0 Å². The molecule has 1 nitrogen and oxygen atoms in total. The first-order chi connectivity index (χ1) is 9.60. The van der Waals surface area contributed by atoms with E-state index < -0.39 is 0 Å². The summed E-state index contributed by atoms with van der Waals surface area (Å²) < 4.78 is 15.2. The second-order valence-electron chi connectivity index (χ2n) is 4.97. The predicted molar refractivity (Wildman–Crippen MR) is 85.4 cm³/mol. The van der Waals surface area contributed by atoms with Crippen LogP contribution in [-0.2, 0) is 6.42 Å². The fourth-order valence-electron chi connectivity index (χ4n) is 2.35. The molecule has 0 spiro atoms. The molecule has 1 unspecified atom stereocenters. The molecule has 106 valence electrons. The van der Waals surface area contributed by atoms with Gasteiger partial charge in [0.05, 0.1) is 0 Å². The van der Waals surface area contributed by atoms with Crippen molar-refractivity contribution in [3.63, 3.8) is 0 Å². The Morgan fingerprint density at radius 2 is 2.00 bits per heavy atom. The van der Waals surface area contributed by atoms with Gasteiger partial charge in [-0.1, -0.05) is 47.1 Å². The maximum atomic E-state index is 14.2. The van der Waals surface area contributed by atoms with E-state index >= 15 is 0 Å². The van der Waals surface area contributed by atoms with E-state index in [1.807, 2.05) is 38.1 Å². The Morgan fingerprint density at radius 3 is 2.65 bits per heavy atom. The SMILES string of the molecule is CCNC(Cc1cccc(Br)c1)c1ccc(C)cc1F. The van der Waals surface area contributed by atoms with E-state index in [-0.39, 0.29) is 11.9 Å². The van der Waals surface area contributed by atoms with Gasteiger partial charge in [0.25, 0.3) is 0 Å². The van der Waals surface area contributed by atoms with Gasteiger partial charge in [-0.2, -0.15) is 0 Å². The van der Waals surface area contributed by atoms with E-state index in [4.69, 9.17) is 0 Å². The quantitative estimate of drug-likeness (QED) is 0.828. The minimum atomic E-state index is -0.133. The first-order valence-corrected chi connectivity index (χ1v) is 7.63. The molecular formula is C17H19BrFN. The first kappa shape index (κ1) is 15.2. The molecule has 0 bridgehead atoms. The highest BCUT2D eigenvalue weighted by atomic mass is 79.9. The summed E-state index contributed by atoms with van der Waals surface area (Å²) in [5.41, 5.74) is 2.87. The van der Waals surface area contributed by atoms with Gasteiger partial charge in [-0.25, -0.2) is 4.39 Å². The summed E-state index contributed by atoms with van der Waals surface area (Å²) in [6.07, 6.45) is 0.771. The lowest BCUT2D eigenvalue weighted by atomic mass is 9.97. The zero-order chi connectivity index (χ0) is 14.5. The van der Waals surface area contributed by atoms with E-state index in [2.05, 4.69) is 33.4 Å². The van der Waals surface area contributed by atoms with E-state index in [1.165, 1.54) is 5.56 Å². The van der Waals surface area contributed by atoms with Gasteiger partial charge < -0.3 is 5.32 Å². The summed E-state index contributed by atoms with van der Waals surface area (Å²) in [5.74, 6) is -0.133. The largest absolute Gasteiger partial charge is 0.310 e. The van der Waals surface area contributed by atoms with Crippen molar-refractivity contribution in [3.05, 3.63) is 69.4 Å². The number of likely N-dealkylation sites (N-methyl/N-ethyl adjacent to an activating group) is 1. The van der Waals surface area contributed by atoms with Crippen LogP contribution < -0.4 is 5.32 Å². The third-order valence-electron chi connectivity index (χ3n) is 3.31. The highest BCUT2D eigenvalue weighted by Crippen LogP contribution is 2.23. The molecule has 1 N–H and O–H groups in total. The fourth-order valence-corrected chi connectivity index (χ4v) is 2.80. The molecule has 20 heavy (non-hydrogen) atoms. The molecule has 0 amide bonds. The van der Waals surface area contributed by atoms with Gasteiger partial charge in [-0.05, 0) is 49.2 Å². The molecule has 0 fully saturated rings. The van der Waals surface area contributed by atoms with Crippen LogP contribution >= 0.6 is 15.9 Å². The second kappa shape index (κ2) is 7.00. The number of hydrogen-bond donors (Lipinski definition) is 1. The van der Waals surface area contributed by atoms with Crippen molar-refractivity contribution in [1.29, 1.82) is 0 Å². The fraction of sp³-hybridized carbons (Fsp3) is 0.294. The van der Waals surface area contributed by atoms with Gasteiger partial charge in [-0.3, -0.25) is 0 Å². The van der Waals surface area contributed by atoms with Crippen LogP contribution in [0.4, 0.5) is 4.39 Å². The average molecular weight is 336 g/mol. The smallest absolute Gasteiger partial charge is 0.128 e. The molecule has 0 aliphatic carbocycles. The minimum absolute atomic E-state index is 0.00472. The number of benzene rings is 2. The van der Waals surface area contributed by atoms with Gasteiger partial charge in [0.2, 0.25) is 0 Å². The van der Waals surface area contributed by atoms with Gasteiger partial charge in [0, 0.05) is 16.1 Å². The lowest BCUT2D eigenvalue weighted by Crippen LogP contribution is -2.24. The standard InChI is InChI=1S/C17H19BrFN/c1-3-20-17(11-13-5-4-6-14(18)10-13)15-8-7-12(2)9-16(15)19/h4-10,17,20H,3,11H2,1-2H3. The van der Waals surface area contributed by atoms with Crippen LogP contribution in [0.15, 0.2) is 46.9 Å². The third-order valence-corrected chi connectivity index (χ3v) is 3.80. The van der Waals surface area contributed by atoms with Gasteiger partial charge in [-0.15, -0.1) is 0 Å². The Balaban J connectivity index is 2.26. The summed E-state index contributed by atoms with van der Waals surface area (Å²) in [6, 6.07) is 13.6. The minimum Gasteiger partial charge on any atom is -0.310 e. The maximum Gasteiger partial charge on any atom is 0.128 e. The molecule has 0 aliphatic rings. The molecule has 2 aromatic carbocycles. The molecule has 0 heterocycles. The summed E-state index contributed by atoms with van der Waals surface area (Å²) >= 11 is 3.48. The molecule has 0 aromatic heterocycles. The van der Waals surface area contributed by atoms with Gasteiger partial charge in [0.1, 0.15) is 5.82 Å². The zero-order valence-corrected chi connectivity index (χ0v) is 13.4. The molecule has 2 aromatic rings. The molecule has 0 saturated heterocycles. The van der Waals surface area contributed by atoms with Crippen molar-refractivity contribution in [1.82, 2.24) is 5.32 Å². The normalized spacial score (nSPS) is 12.4.